The Kier molecular flexibility index (Phi) is 5.49. The Hall–Kier alpha value is -0.870. The number of ether oxygens (including phenoxy) is 2. The number of rotatable bonds is 6. The second-order valence-electron chi connectivity index (χ2n) is 3.82. The highest BCUT2D eigenvalue weighted by atomic mass is 32.1. The summed E-state index contributed by atoms with van der Waals surface area (Å²) in [4.78, 5) is 13.4. The minimum Gasteiger partial charge on any atom is -0.459 e. The molecule has 0 spiro atoms. The fraction of sp³-hybridized carbons (Fsp3) is 0.583. The molecule has 0 aliphatic heterocycles. The molecule has 16 heavy (non-hydrogen) atoms. The zero-order valence-corrected chi connectivity index (χ0v) is 10.8. The molecule has 0 aromatic carbocycles. The number of carbonyl (C=O) groups is 1. The first-order valence-corrected chi connectivity index (χ1v) is 6.23. The molecule has 0 aliphatic carbocycles. The number of methoxy groups -OCH3 is 1. The van der Waals surface area contributed by atoms with Crippen molar-refractivity contribution in [2.24, 2.45) is 0 Å². The number of carbonyl (C=O) groups excluding carboxylic acids is 1. The lowest BCUT2D eigenvalue weighted by Crippen LogP contribution is -2.09. The maximum Gasteiger partial charge on any atom is 0.348 e. The van der Waals surface area contributed by atoms with Crippen LogP contribution in [0.5, 0.6) is 0 Å². The third kappa shape index (κ3) is 4.33. The van der Waals surface area contributed by atoms with Crippen molar-refractivity contribution in [1.82, 2.24) is 0 Å². The molecular formula is C12H18O3S. The zero-order valence-electron chi connectivity index (χ0n) is 9.99. The van der Waals surface area contributed by atoms with Crippen molar-refractivity contribution in [3.63, 3.8) is 0 Å². The minimum atomic E-state index is -0.224. The summed E-state index contributed by atoms with van der Waals surface area (Å²) in [7, 11) is 1.69. The molecule has 90 valence electrons. The first kappa shape index (κ1) is 13.2. The van der Waals surface area contributed by atoms with Gasteiger partial charge in [0.1, 0.15) is 4.88 Å². The Balaban J connectivity index is 2.47. The molecule has 0 radical (unpaired) electrons. The molecule has 0 N–H and O–H groups in total. The Bertz CT molecular complexity index is 331. The SMILES string of the molecule is COCCCc1ccc(C(=O)OC(C)C)s1. The number of hydrogen-bond acceptors (Lipinski definition) is 4. The van der Waals surface area contributed by atoms with Crippen molar-refractivity contribution in [2.75, 3.05) is 13.7 Å². The van der Waals surface area contributed by atoms with Crippen LogP contribution in [0.3, 0.4) is 0 Å². The van der Waals surface area contributed by atoms with E-state index in [1.54, 1.807) is 7.11 Å². The Labute approximate surface area is 100 Å². The van der Waals surface area contributed by atoms with E-state index in [0.29, 0.717) is 4.88 Å². The van der Waals surface area contributed by atoms with Crippen molar-refractivity contribution >= 4 is 17.3 Å². The molecule has 0 bridgehead atoms. The molecule has 0 fully saturated rings. The van der Waals surface area contributed by atoms with Crippen molar-refractivity contribution in [1.29, 1.82) is 0 Å². The molecule has 1 aromatic rings. The van der Waals surface area contributed by atoms with E-state index in [1.807, 2.05) is 26.0 Å². The molecule has 0 amide bonds. The van der Waals surface area contributed by atoms with Crippen LogP contribution in [0.25, 0.3) is 0 Å². The maximum absolute atomic E-state index is 11.6. The largest absolute Gasteiger partial charge is 0.459 e. The minimum absolute atomic E-state index is 0.0634. The van der Waals surface area contributed by atoms with Gasteiger partial charge in [0.05, 0.1) is 6.10 Å². The van der Waals surface area contributed by atoms with E-state index in [4.69, 9.17) is 9.47 Å². The van der Waals surface area contributed by atoms with Crippen molar-refractivity contribution in [3.05, 3.63) is 21.9 Å². The van der Waals surface area contributed by atoms with Gasteiger partial charge in [-0.05, 0) is 38.8 Å². The summed E-state index contributed by atoms with van der Waals surface area (Å²) < 4.78 is 10.1. The van der Waals surface area contributed by atoms with Crippen LogP contribution in [0.4, 0.5) is 0 Å². The van der Waals surface area contributed by atoms with Crippen LogP contribution in [0, 0.1) is 0 Å². The van der Waals surface area contributed by atoms with Crippen molar-refractivity contribution in [3.8, 4) is 0 Å². The summed E-state index contributed by atoms with van der Waals surface area (Å²) in [5.74, 6) is -0.224. The first-order chi connectivity index (χ1) is 7.63. The third-order valence-electron chi connectivity index (χ3n) is 1.98. The van der Waals surface area contributed by atoms with E-state index in [9.17, 15) is 4.79 Å². The summed E-state index contributed by atoms with van der Waals surface area (Å²) in [6.07, 6.45) is 1.87. The lowest BCUT2D eigenvalue weighted by atomic mass is 10.3. The van der Waals surface area contributed by atoms with Crippen LogP contribution in [-0.4, -0.2) is 25.8 Å². The van der Waals surface area contributed by atoms with Gasteiger partial charge in [0.2, 0.25) is 0 Å². The van der Waals surface area contributed by atoms with Crippen LogP contribution < -0.4 is 0 Å². The van der Waals surface area contributed by atoms with E-state index < -0.39 is 0 Å². The quantitative estimate of drug-likeness (QED) is 0.568. The topological polar surface area (TPSA) is 35.5 Å². The highest BCUT2D eigenvalue weighted by Gasteiger charge is 2.11. The maximum atomic E-state index is 11.6. The van der Waals surface area contributed by atoms with Crippen LogP contribution in [0.1, 0.15) is 34.8 Å². The molecule has 3 nitrogen and oxygen atoms in total. The summed E-state index contributed by atoms with van der Waals surface area (Å²) >= 11 is 1.50. The standard InChI is InChI=1S/C12H18O3S/c1-9(2)15-12(13)11-7-6-10(16-11)5-4-8-14-3/h6-7,9H,4-5,8H2,1-3H3. The lowest BCUT2D eigenvalue weighted by Gasteiger charge is -2.05. The van der Waals surface area contributed by atoms with Crippen LogP contribution in [-0.2, 0) is 15.9 Å². The van der Waals surface area contributed by atoms with E-state index in [-0.39, 0.29) is 12.1 Å². The average molecular weight is 242 g/mol. The molecule has 1 aromatic heterocycles. The van der Waals surface area contributed by atoms with Crippen LogP contribution >= 0.6 is 11.3 Å². The summed E-state index contributed by atoms with van der Waals surface area (Å²) in [5, 5.41) is 0. The summed E-state index contributed by atoms with van der Waals surface area (Å²) in [6, 6.07) is 3.81. The second-order valence-corrected chi connectivity index (χ2v) is 4.98. The fourth-order valence-corrected chi connectivity index (χ4v) is 2.22. The molecular weight excluding hydrogens is 224 g/mol. The van der Waals surface area contributed by atoms with Gasteiger partial charge in [0.15, 0.2) is 0 Å². The van der Waals surface area contributed by atoms with Gasteiger partial charge in [0, 0.05) is 18.6 Å². The predicted octanol–water partition coefficient (Wildman–Crippen LogP) is 2.89. The van der Waals surface area contributed by atoms with E-state index in [0.717, 1.165) is 19.4 Å². The molecule has 0 saturated heterocycles. The van der Waals surface area contributed by atoms with Gasteiger partial charge >= 0.3 is 5.97 Å². The first-order valence-electron chi connectivity index (χ1n) is 5.42. The monoisotopic (exact) mass is 242 g/mol. The van der Waals surface area contributed by atoms with Gasteiger partial charge in [-0.25, -0.2) is 4.79 Å². The molecule has 4 heteroatoms. The highest BCUT2D eigenvalue weighted by Crippen LogP contribution is 2.19. The van der Waals surface area contributed by atoms with Gasteiger partial charge in [-0.2, -0.15) is 0 Å². The van der Waals surface area contributed by atoms with Gasteiger partial charge in [-0.15, -0.1) is 11.3 Å². The second kappa shape index (κ2) is 6.66. The average Bonchev–Trinajstić information content (AvgIpc) is 2.66. The Morgan fingerprint density at radius 3 is 2.81 bits per heavy atom. The molecule has 0 unspecified atom stereocenters. The van der Waals surface area contributed by atoms with Crippen LogP contribution in [0.15, 0.2) is 12.1 Å². The molecule has 0 saturated carbocycles. The zero-order chi connectivity index (χ0) is 12.0. The molecule has 1 rings (SSSR count). The fourth-order valence-electron chi connectivity index (χ4n) is 1.28. The van der Waals surface area contributed by atoms with E-state index in [1.165, 1.54) is 16.2 Å². The van der Waals surface area contributed by atoms with Crippen molar-refractivity contribution < 1.29 is 14.3 Å². The molecule has 0 atom stereocenters. The van der Waals surface area contributed by atoms with Gasteiger partial charge in [0.25, 0.3) is 0 Å². The Morgan fingerprint density at radius 2 is 2.19 bits per heavy atom. The number of hydrogen-bond donors (Lipinski definition) is 0. The highest BCUT2D eigenvalue weighted by molar-refractivity contribution is 7.13. The van der Waals surface area contributed by atoms with Gasteiger partial charge in [-0.3, -0.25) is 0 Å². The van der Waals surface area contributed by atoms with Gasteiger partial charge in [-0.1, -0.05) is 0 Å². The van der Waals surface area contributed by atoms with E-state index >= 15 is 0 Å². The molecule has 0 aliphatic rings. The summed E-state index contributed by atoms with van der Waals surface area (Å²) in [6.45, 7) is 4.46. The molecule has 1 heterocycles. The number of esters is 1. The Morgan fingerprint density at radius 1 is 1.44 bits per heavy atom. The number of thiophene rings is 1. The predicted molar refractivity (Wildman–Crippen MR) is 65.1 cm³/mol. The number of aryl methyl sites for hydroxylation is 1. The van der Waals surface area contributed by atoms with Crippen LogP contribution in [0.2, 0.25) is 0 Å². The van der Waals surface area contributed by atoms with E-state index in [2.05, 4.69) is 0 Å². The van der Waals surface area contributed by atoms with Gasteiger partial charge < -0.3 is 9.47 Å². The van der Waals surface area contributed by atoms with Crippen molar-refractivity contribution in [2.45, 2.75) is 32.8 Å². The normalized spacial score (nSPS) is 10.8. The summed E-state index contributed by atoms with van der Waals surface area (Å²) in [5.41, 5.74) is 0. The lowest BCUT2D eigenvalue weighted by molar-refractivity contribution is 0.0384. The smallest absolute Gasteiger partial charge is 0.348 e. The third-order valence-corrected chi connectivity index (χ3v) is 3.10.